The highest BCUT2D eigenvalue weighted by Crippen LogP contribution is 2.38. The van der Waals surface area contributed by atoms with Crippen LogP contribution in [-0.4, -0.2) is 20.4 Å². The van der Waals surface area contributed by atoms with Gasteiger partial charge < -0.3 is 5.11 Å². The Kier molecular flexibility index (Phi) is 4.99. The van der Waals surface area contributed by atoms with Gasteiger partial charge in [0.05, 0.1) is 5.60 Å². The molecule has 1 fully saturated rings. The number of rotatable bonds is 4. The van der Waals surface area contributed by atoms with Crippen LogP contribution < -0.4 is 0 Å². The molecule has 1 aliphatic carbocycles. The van der Waals surface area contributed by atoms with Crippen molar-refractivity contribution in [3.8, 4) is 0 Å². The first-order chi connectivity index (χ1) is 6.81. The molecule has 90 valence electrons. The van der Waals surface area contributed by atoms with Crippen molar-refractivity contribution >= 4 is 31.9 Å². The number of halogens is 4. The van der Waals surface area contributed by atoms with Crippen LogP contribution in [0.5, 0.6) is 0 Å². The Morgan fingerprint density at radius 3 is 2.27 bits per heavy atom. The summed E-state index contributed by atoms with van der Waals surface area (Å²) in [7, 11) is 0. The van der Waals surface area contributed by atoms with E-state index >= 15 is 0 Å². The van der Waals surface area contributed by atoms with Crippen molar-refractivity contribution in [3.63, 3.8) is 0 Å². The molecule has 0 aliphatic heterocycles. The van der Waals surface area contributed by atoms with E-state index in [1.165, 1.54) is 0 Å². The Morgan fingerprint density at radius 1 is 1.27 bits per heavy atom. The topological polar surface area (TPSA) is 20.2 Å². The van der Waals surface area contributed by atoms with E-state index in [4.69, 9.17) is 0 Å². The lowest BCUT2D eigenvalue weighted by molar-refractivity contribution is -0.00832. The van der Waals surface area contributed by atoms with Crippen LogP contribution in [0.25, 0.3) is 0 Å². The molecule has 1 nitrogen and oxygen atoms in total. The molecule has 0 amide bonds. The van der Waals surface area contributed by atoms with Crippen molar-refractivity contribution in [3.05, 3.63) is 0 Å². The minimum Gasteiger partial charge on any atom is -0.390 e. The highest BCUT2D eigenvalue weighted by molar-refractivity contribution is 9.10. The van der Waals surface area contributed by atoms with Gasteiger partial charge in [-0.3, -0.25) is 0 Å². The van der Waals surface area contributed by atoms with Crippen LogP contribution in [-0.2, 0) is 0 Å². The fourth-order valence-corrected chi connectivity index (χ4v) is 3.98. The van der Waals surface area contributed by atoms with Gasteiger partial charge in [0.1, 0.15) is 0 Å². The zero-order valence-corrected chi connectivity index (χ0v) is 11.7. The molecule has 0 saturated heterocycles. The van der Waals surface area contributed by atoms with Crippen LogP contribution in [0.2, 0.25) is 0 Å². The maximum atomic E-state index is 12.7. The summed E-state index contributed by atoms with van der Waals surface area (Å²) < 4.78 is 25.3. The molecule has 0 radical (unpaired) electrons. The average Bonchev–Trinajstić information content (AvgIpc) is 1.99. The van der Waals surface area contributed by atoms with Gasteiger partial charge in [-0.1, -0.05) is 35.2 Å². The van der Waals surface area contributed by atoms with Crippen molar-refractivity contribution < 1.29 is 13.9 Å². The summed E-state index contributed by atoms with van der Waals surface area (Å²) in [6.45, 7) is 0. The summed E-state index contributed by atoms with van der Waals surface area (Å²) in [4.78, 5) is -3.18. The summed E-state index contributed by atoms with van der Waals surface area (Å²) in [5.41, 5.74) is -0.731. The molecule has 1 atom stereocenters. The Hall–Kier alpha value is 0.780. The predicted molar refractivity (Wildman–Crippen MR) is 63.9 cm³/mol. The van der Waals surface area contributed by atoms with Crippen LogP contribution in [0.3, 0.4) is 0 Å². The fourth-order valence-electron chi connectivity index (χ4n) is 2.15. The quantitative estimate of drug-likeness (QED) is 0.753. The second-order valence-corrected chi connectivity index (χ2v) is 6.86. The molecule has 1 saturated carbocycles. The molecule has 0 aromatic rings. The minimum absolute atomic E-state index is 0.282. The molecule has 0 aromatic heterocycles. The number of hydrogen-bond donors (Lipinski definition) is 1. The normalized spacial score (nSPS) is 23.8. The van der Waals surface area contributed by atoms with Crippen molar-refractivity contribution in [2.75, 3.05) is 0 Å². The first-order valence-electron chi connectivity index (χ1n) is 5.24. The van der Waals surface area contributed by atoms with Gasteiger partial charge in [0.15, 0.2) is 0 Å². The number of aliphatic hydroxyl groups is 1. The maximum Gasteiger partial charge on any atom is 0.302 e. The molecule has 5 heteroatoms. The molecular weight excluding hydrogens is 334 g/mol. The highest BCUT2D eigenvalue weighted by atomic mass is 79.9. The van der Waals surface area contributed by atoms with Crippen molar-refractivity contribution in [1.82, 2.24) is 0 Å². The zero-order valence-electron chi connectivity index (χ0n) is 8.49. The average molecular weight is 350 g/mol. The second kappa shape index (κ2) is 5.41. The Labute approximate surface area is 106 Å². The van der Waals surface area contributed by atoms with Crippen LogP contribution in [0.1, 0.15) is 44.9 Å². The smallest absolute Gasteiger partial charge is 0.302 e. The Balaban J connectivity index is 2.38. The summed E-state index contributed by atoms with van der Waals surface area (Å²) in [6.07, 6.45) is 4.75. The first kappa shape index (κ1) is 13.8. The molecular formula is C10H16Br2F2O. The molecule has 0 aromatic carbocycles. The summed E-state index contributed by atoms with van der Waals surface area (Å²) in [6, 6.07) is 0. The third-order valence-electron chi connectivity index (χ3n) is 2.84. The van der Waals surface area contributed by atoms with Gasteiger partial charge in [0.25, 0.3) is 0 Å². The van der Waals surface area contributed by atoms with Crippen molar-refractivity contribution in [2.24, 2.45) is 0 Å². The van der Waals surface area contributed by atoms with Crippen LogP contribution in [0, 0.1) is 0 Å². The van der Waals surface area contributed by atoms with Crippen molar-refractivity contribution in [1.29, 1.82) is 0 Å². The third-order valence-corrected chi connectivity index (χ3v) is 3.81. The summed E-state index contributed by atoms with van der Waals surface area (Å²) >= 11 is 5.53. The van der Waals surface area contributed by atoms with Gasteiger partial charge in [-0.2, -0.15) is 8.78 Å². The van der Waals surface area contributed by atoms with Gasteiger partial charge in [-0.05, 0) is 35.2 Å². The highest BCUT2D eigenvalue weighted by Gasteiger charge is 2.35. The lowest BCUT2D eigenvalue weighted by atomic mass is 9.81. The molecule has 1 aliphatic rings. The largest absolute Gasteiger partial charge is 0.390 e. The van der Waals surface area contributed by atoms with E-state index < -0.39 is 10.4 Å². The zero-order chi connectivity index (χ0) is 11.5. The van der Waals surface area contributed by atoms with E-state index in [2.05, 4.69) is 31.9 Å². The fraction of sp³-hybridized carbons (Fsp3) is 1.00. The predicted octanol–water partition coefficient (Wildman–Crippen LogP) is 4.21. The number of alkyl halides is 4. The molecule has 1 N–H and O–H groups in total. The van der Waals surface area contributed by atoms with Crippen LogP contribution >= 0.6 is 31.9 Å². The van der Waals surface area contributed by atoms with E-state index in [0.29, 0.717) is 6.42 Å². The Bertz CT molecular complexity index is 200. The van der Waals surface area contributed by atoms with Crippen LogP contribution in [0.4, 0.5) is 8.78 Å². The van der Waals surface area contributed by atoms with Gasteiger partial charge in [-0.15, -0.1) is 0 Å². The van der Waals surface area contributed by atoms with E-state index in [1.807, 2.05) is 0 Å². The van der Waals surface area contributed by atoms with Gasteiger partial charge in [0.2, 0.25) is 0 Å². The van der Waals surface area contributed by atoms with E-state index in [9.17, 15) is 13.9 Å². The molecule has 0 spiro atoms. The van der Waals surface area contributed by atoms with Gasteiger partial charge in [0, 0.05) is 11.2 Å². The minimum atomic E-state index is -2.84. The second-order valence-electron chi connectivity index (χ2n) is 4.41. The molecule has 0 bridgehead atoms. The number of hydrogen-bond acceptors (Lipinski definition) is 1. The lowest BCUT2D eigenvalue weighted by Gasteiger charge is -2.34. The Morgan fingerprint density at radius 2 is 1.80 bits per heavy atom. The molecule has 0 heterocycles. The van der Waals surface area contributed by atoms with E-state index in [0.717, 1.165) is 32.1 Å². The van der Waals surface area contributed by atoms with Crippen molar-refractivity contribution in [2.45, 2.75) is 60.2 Å². The first-order valence-corrected chi connectivity index (χ1v) is 6.95. The van der Waals surface area contributed by atoms with E-state index in [-0.39, 0.29) is 11.2 Å². The van der Waals surface area contributed by atoms with Gasteiger partial charge >= 0.3 is 4.83 Å². The monoisotopic (exact) mass is 348 g/mol. The summed E-state index contributed by atoms with van der Waals surface area (Å²) in [5.74, 6) is 0. The maximum absolute atomic E-state index is 12.7. The lowest BCUT2D eigenvalue weighted by Crippen LogP contribution is -2.35. The molecule has 1 rings (SSSR count). The SMILES string of the molecule is OC1(CC(Br)CC(F)(F)Br)CCCCC1. The van der Waals surface area contributed by atoms with E-state index in [1.54, 1.807) is 0 Å². The summed E-state index contributed by atoms with van der Waals surface area (Å²) in [5, 5.41) is 10.1. The van der Waals surface area contributed by atoms with Gasteiger partial charge in [-0.25, -0.2) is 0 Å². The standard InChI is InChI=1S/C10H16Br2F2O/c11-8(7-10(12,13)14)6-9(15)4-2-1-3-5-9/h8,15H,1-7H2. The molecule has 1 unspecified atom stereocenters. The molecule has 15 heavy (non-hydrogen) atoms. The third kappa shape index (κ3) is 5.59. The van der Waals surface area contributed by atoms with Crippen LogP contribution in [0.15, 0.2) is 0 Å².